The average Bonchev–Trinajstić information content (AvgIpc) is 2.76. The zero-order valence-electron chi connectivity index (χ0n) is 16.8. The van der Waals surface area contributed by atoms with Crippen LogP contribution in [0.2, 0.25) is 0 Å². The van der Waals surface area contributed by atoms with Gasteiger partial charge in [0.25, 0.3) is 0 Å². The Kier molecular flexibility index (Phi) is 7.26. The van der Waals surface area contributed by atoms with Gasteiger partial charge in [0.15, 0.2) is 0 Å². The molecule has 1 amide bonds. The van der Waals surface area contributed by atoms with Crippen LogP contribution in [0.5, 0.6) is 5.75 Å². The van der Waals surface area contributed by atoms with Crippen molar-refractivity contribution in [1.82, 2.24) is 0 Å². The summed E-state index contributed by atoms with van der Waals surface area (Å²) < 4.78 is 6.60. The molecule has 0 aliphatic rings. The Labute approximate surface area is 185 Å². The third-order valence-corrected chi connectivity index (χ3v) is 5.37. The molecule has 0 bridgehead atoms. The molecular weight excluding hydrogens is 444 g/mol. The maximum Gasteiger partial charge on any atom is 0.246 e. The number of amides is 1. The first-order valence-electron chi connectivity index (χ1n) is 9.67. The van der Waals surface area contributed by atoms with Crippen LogP contribution in [0, 0.1) is 0 Å². The van der Waals surface area contributed by atoms with Crippen molar-refractivity contribution < 1.29 is 14.6 Å². The fourth-order valence-corrected chi connectivity index (χ4v) is 3.31. The van der Waals surface area contributed by atoms with E-state index < -0.39 is 18.1 Å². The summed E-state index contributed by atoms with van der Waals surface area (Å²) in [5.74, 6) is 0.232. The van der Waals surface area contributed by atoms with E-state index in [2.05, 4.69) is 57.6 Å². The van der Waals surface area contributed by atoms with Crippen molar-refractivity contribution in [2.45, 2.75) is 18.9 Å². The molecule has 1 atom stereocenters. The zero-order valence-corrected chi connectivity index (χ0v) is 18.4. The zero-order chi connectivity index (χ0) is 21.6. The van der Waals surface area contributed by atoms with Crippen LogP contribution in [0.3, 0.4) is 0 Å². The lowest BCUT2D eigenvalue weighted by Gasteiger charge is -2.20. The molecule has 3 aromatic rings. The van der Waals surface area contributed by atoms with Crippen molar-refractivity contribution >= 4 is 27.5 Å². The SMILES string of the molecule is C[C@](N)(CO)C(=O)Nc1ccc(OCCc2ccc(-c3ccccc3)cc2)c(Br)c1. The molecule has 0 heterocycles. The van der Waals surface area contributed by atoms with Crippen LogP contribution < -0.4 is 15.8 Å². The van der Waals surface area contributed by atoms with Gasteiger partial charge in [-0.2, -0.15) is 0 Å². The first-order chi connectivity index (χ1) is 14.4. The Hall–Kier alpha value is -2.67. The number of benzene rings is 3. The standard InChI is InChI=1S/C24H25BrN2O3/c1-24(26,16-28)23(29)27-20-11-12-22(21(25)15-20)30-14-13-17-7-9-19(10-8-17)18-5-3-2-4-6-18/h2-12,15,28H,13-14,16,26H2,1H3,(H,27,29)/t24-/m0/s1. The second-order valence-corrected chi connectivity index (χ2v) is 8.19. The van der Waals surface area contributed by atoms with Gasteiger partial charge in [0, 0.05) is 12.1 Å². The van der Waals surface area contributed by atoms with Gasteiger partial charge in [-0.3, -0.25) is 4.79 Å². The molecule has 0 saturated heterocycles. The summed E-state index contributed by atoms with van der Waals surface area (Å²) in [4.78, 5) is 12.1. The molecule has 0 radical (unpaired) electrons. The maximum atomic E-state index is 12.1. The van der Waals surface area contributed by atoms with Crippen LogP contribution in [-0.4, -0.2) is 29.8 Å². The number of aliphatic hydroxyl groups is 1. The molecule has 3 aromatic carbocycles. The number of ether oxygens (including phenoxy) is 1. The summed E-state index contributed by atoms with van der Waals surface area (Å²) in [6.45, 7) is 1.56. The van der Waals surface area contributed by atoms with Gasteiger partial charge >= 0.3 is 0 Å². The van der Waals surface area contributed by atoms with Crippen LogP contribution in [-0.2, 0) is 11.2 Å². The highest BCUT2D eigenvalue weighted by atomic mass is 79.9. The fourth-order valence-electron chi connectivity index (χ4n) is 2.81. The normalized spacial score (nSPS) is 12.8. The molecule has 156 valence electrons. The number of carbonyl (C=O) groups excluding carboxylic acids is 1. The number of aliphatic hydroxyl groups excluding tert-OH is 1. The average molecular weight is 469 g/mol. The molecule has 0 aliphatic heterocycles. The summed E-state index contributed by atoms with van der Waals surface area (Å²) in [6.07, 6.45) is 0.780. The van der Waals surface area contributed by atoms with E-state index in [4.69, 9.17) is 10.5 Å². The van der Waals surface area contributed by atoms with Gasteiger partial charge < -0.3 is 20.9 Å². The number of anilines is 1. The molecule has 0 aromatic heterocycles. The van der Waals surface area contributed by atoms with E-state index in [1.165, 1.54) is 23.6 Å². The Morgan fingerprint density at radius 2 is 1.73 bits per heavy atom. The van der Waals surface area contributed by atoms with Crippen LogP contribution in [0.15, 0.2) is 77.3 Å². The molecule has 0 saturated carbocycles. The van der Waals surface area contributed by atoms with Crippen molar-refractivity contribution in [1.29, 1.82) is 0 Å². The van der Waals surface area contributed by atoms with E-state index in [9.17, 15) is 9.90 Å². The second-order valence-electron chi connectivity index (χ2n) is 7.34. The number of carbonyl (C=O) groups is 1. The Morgan fingerprint density at radius 1 is 1.07 bits per heavy atom. The highest BCUT2D eigenvalue weighted by molar-refractivity contribution is 9.10. The van der Waals surface area contributed by atoms with Crippen molar-refractivity contribution in [3.8, 4) is 16.9 Å². The van der Waals surface area contributed by atoms with Crippen molar-refractivity contribution in [2.24, 2.45) is 5.73 Å². The Morgan fingerprint density at radius 3 is 2.37 bits per heavy atom. The molecule has 0 aliphatic carbocycles. The molecule has 3 rings (SSSR count). The molecule has 5 nitrogen and oxygen atoms in total. The van der Waals surface area contributed by atoms with E-state index in [0.717, 1.165) is 10.9 Å². The number of hydrogen-bond acceptors (Lipinski definition) is 4. The van der Waals surface area contributed by atoms with Gasteiger partial charge in [0.2, 0.25) is 5.91 Å². The van der Waals surface area contributed by atoms with Crippen LogP contribution in [0.4, 0.5) is 5.69 Å². The first-order valence-corrected chi connectivity index (χ1v) is 10.5. The molecule has 30 heavy (non-hydrogen) atoms. The summed E-state index contributed by atoms with van der Waals surface area (Å²) in [5.41, 5.74) is 8.56. The van der Waals surface area contributed by atoms with Crippen LogP contribution in [0.1, 0.15) is 12.5 Å². The van der Waals surface area contributed by atoms with Gasteiger partial charge in [-0.25, -0.2) is 0 Å². The van der Waals surface area contributed by atoms with E-state index in [0.29, 0.717) is 18.0 Å². The summed E-state index contributed by atoms with van der Waals surface area (Å²) in [6, 6.07) is 24.0. The van der Waals surface area contributed by atoms with Crippen molar-refractivity contribution in [3.05, 3.63) is 82.8 Å². The topological polar surface area (TPSA) is 84.6 Å². The van der Waals surface area contributed by atoms with Crippen LogP contribution in [0.25, 0.3) is 11.1 Å². The lowest BCUT2D eigenvalue weighted by atomic mass is 10.0. The number of hydrogen-bond donors (Lipinski definition) is 3. The molecule has 0 spiro atoms. The van der Waals surface area contributed by atoms with Crippen LogP contribution >= 0.6 is 15.9 Å². The summed E-state index contributed by atoms with van der Waals surface area (Å²) in [7, 11) is 0. The van der Waals surface area contributed by atoms with Crippen molar-refractivity contribution in [2.75, 3.05) is 18.5 Å². The highest BCUT2D eigenvalue weighted by Gasteiger charge is 2.27. The van der Waals surface area contributed by atoms with E-state index in [1.54, 1.807) is 18.2 Å². The molecular formula is C24H25BrN2O3. The van der Waals surface area contributed by atoms with Crippen molar-refractivity contribution in [3.63, 3.8) is 0 Å². The molecule has 4 N–H and O–H groups in total. The maximum absolute atomic E-state index is 12.1. The smallest absolute Gasteiger partial charge is 0.246 e. The quantitative estimate of drug-likeness (QED) is 0.457. The minimum absolute atomic E-state index is 0.437. The van der Waals surface area contributed by atoms with E-state index in [-0.39, 0.29) is 0 Å². The number of halogens is 1. The predicted molar refractivity (Wildman–Crippen MR) is 124 cm³/mol. The summed E-state index contributed by atoms with van der Waals surface area (Å²) >= 11 is 3.47. The molecule has 6 heteroatoms. The number of nitrogens with two attached hydrogens (primary N) is 1. The summed E-state index contributed by atoms with van der Waals surface area (Å²) in [5, 5.41) is 11.9. The van der Waals surface area contributed by atoms with Gasteiger partial charge in [0.05, 0.1) is 17.7 Å². The minimum Gasteiger partial charge on any atom is -0.492 e. The Bertz CT molecular complexity index is 989. The number of nitrogens with one attached hydrogen (secondary N) is 1. The second kappa shape index (κ2) is 9.89. The first kappa shape index (κ1) is 22.0. The minimum atomic E-state index is -1.34. The third kappa shape index (κ3) is 5.69. The van der Waals surface area contributed by atoms with E-state index >= 15 is 0 Å². The Balaban J connectivity index is 1.54. The number of rotatable bonds is 8. The largest absolute Gasteiger partial charge is 0.492 e. The highest BCUT2D eigenvalue weighted by Crippen LogP contribution is 2.28. The van der Waals surface area contributed by atoms with Gasteiger partial charge in [-0.15, -0.1) is 0 Å². The van der Waals surface area contributed by atoms with Gasteiger partial charge in [0.1, 0.15) is 11.3 Å². The third-order valence-electron chi connectivity index (χ3n) is 4.75. The predicted octanol–water partition coefficient (Wildman–Crippen LogP) is 4.39. The lowest BCUT2D eigenvalue weighted by molar-refractivity contribution is -0.121. The monoisotopic (exact) mass is 468 g/mol. The lowest BCUT2D eigenvalue weighted by Crippen LogP contribution is -2.51. The van der Waals surface area contributed by atoms with Gasteiger partial charge in [-0.05, 0) is 57.7 Å². The van der Waals surface area contributed by atoms with Gasteiger partial charge in [-0.1, -0.05) is 54.6 Å². The van der Waals surface area contributed by atoms with E-state index in [1.807, 2.05) is 18.2 Å². The molecule has 0 fully saturated rings. The fraction of sp³-hybridized carbons (Fsp3) is 0.208. The molecule has 0 unspecified atom stereocenters.